The summed E-state index contributed by atoms with van der Waals surface area (Å²) in [6.45, 7) is 7.50. The number of hydrogen-bond acceptors (Lipinski definition) is 4. The maximum atomic E-state index is 13.3. The van der Waals surface area contributed by atoms with Gasteiger partial charge in [-0.25, -0.2) is 0 Å². The topological polar surface area (TPSA) is 66.9 Å². The number of morpholine rings is 1. The fraction of sp³-hybridized carbons (Fsp3) is 0.423. The number of benzene rings is 2. The van der Waals surface area contributed by atoms with E-state index in [0.29, 0.717) is 68.9 Å². The van der Waals surface area contributed by atoms with E-state index in [1.54, 1.807) is 29.2 Å². The zero-order valence-corrected chi connectivity index (χ0v) is 18.8. The third kappa shape index (κ3) is 4.60. The summed E-state index contributed by atoms with van der Waals surface area (Å²) >= 11 is 0. The van der Waals surface area contributed by atoms with Crippen LogP contribution < -0.4 is 0 Å². The summed E-state index contributed by atoms with van der Waals surface area (Å²) in [5, 5.41) is 0. The summed E-state index contributed by atoms with van der Waals surface area (Å²) in [7, 11) is 0. The molecule has 4 rings (SSSR count). The van der Waals surface area contributed by atoms with Gasteiger partial charge in [0.05, 0.1) is 18.8 Å². The molecule has 2 heterocycles. The van der Waals surface area contributed by atoms with Crippen LogP contribution in [0.5, 0.6) is 0 Å². The quantitative estimate of drug-likeness (QED) is 0.693. The number of likely N-dealkylation sites (tertiary alicyclic amines) is 1. The molecule has 168 valence electrons. The molecule has 2 saturated heterocycles. The highest BCUT2D eigenvalue weighted by atomic mass is 16.5. The number of piperidine rings is 1. The molecule has 0 bridgehead atoms. The molecule has 0 aliphatic carbocycles. The van der Waals surface area contributed by atoms with Crippen LogP contribution in [0.1, 0.15) is 50.2 Å². The van der Waals surface area contributed by atoms with Gasteiger partial charge in [0.15, 0.2) is 5.78 Å². The van der Waals surface area contributed by atoms with Gasteiger partial charge < -0.3 is 14.5 Å². The van der Waals surface area contributed by atoms with Gasteiger partial charge in [0.2, 0.25) is 5.91 Å². The van der Waals surface area contributed by atoms with Crippen LogP contribution >= 0.6 is 0 Å². The van der Waals surface area contributed by atoms with Crippen molar-refractivity contribution in [3.63, 3.8) is 0 Å². The number of amides is 2. The molecule has 0 N–H and O–H groups in total. The summed E-state index contributed by atoms with van der Waals surface area (Å²) in [5.74, 6) is -0.167. The van der Waals surface area contributed by atoms with Gasteiger partial charge >= 0.3 is 0 Å². The van der Waals surface area contributed by atoms with E-state index in [1.807, 2.05) is 36.9 Å². The summed E-state index contributed by atoms with van der Waals surface area (Å²) in [6, 6.07) is 12.7. The largest absolute Gasteiger partial charge is 0.378 e. The normalized spacial score (nSPS) is 17.3. The van der Waals surface area contributed by atoms with E-state index >= 15 is 0 Å². The third-order valence-corrected chi connectivity index (χ3v) is 6.63. The zero-order valence-electron chi connectivity index (χ0n) is 18.8. The predicted molar refractivity (Wildman–Crippen MR) is 122 cm³/mol. The molecule has 0 atom stereocenters. The number of ether oxygens (including phenoxy) is 1. The molecule has 2 fully saturated rings. The van der Waals surface area contributed by atoms with Crippen LogP contribution in [-0.2, 0) is 9.53 Å². The molecule has 6 nitrogen and oxygen atoms in total. The van der Waals surface area contributed by atoms with Crippen molar-refractivity contribution in [1.82, 2.24) is 9.80 Å². The lowest BCUT2D eigenvalue weighted by atomic mass is 9.93. The Morgan fingerprint density at radius 2 is 1.47 bits per heavy atom. The molecular weight excluding hydrogens is 404 g/mol. The Morgan fingerprint density at radius 1 is 0.812 bits per heavy atom. The van der Waals surface area contributed by atoms with E-state index in [9.17, 15) is 14.4 Å². The van der Waals surface area contributed by atoms with E-state index in [0.717, 1.165) is 11.1 Å². The van der Waals surface area contributed by atoms with Gasteiger partial charge in [-0.05, 0) is 49.9 Å². The Morgan fingerprint density at radius 3 is 2.12 bits per heavy atom. The maximum Gasteiger partial charge on any atom is 0.254 e. The molecule has 6 heteroatoms. The van der Waals surface area contributed by atoms with E-state index in [-0.39, 0.29) is 23.5 Å². The molecule has 2 aromatic rings. The molecule has 2 amide bonds. The summed E-state index contributed by atoms with van der Waals surface area (Å²) < 4.78 is 5.34. The fourth-order valence-electron chi connectivity index (χ4n) is 4.45. The van der Waals surface area contributed by atoms with E-state index in [2.05, 4.69) is 0 Å². The van der Waals surface area contributed by atoms with E-state index in [1.165, 1.54) is 0 Å². The number of ketones is 1. The highest BCUT2D eigenvalue weighted by Crippen LogP contribution is 2.24. The highest BCUT2D eigenvalue weighted by Gasteiger charge is 2.32. The minimum Gasteiger partial charge on any atom is -0.378 e. The minimum atomic E-state index is -0.144. The third-order valence-electron chi connectivity index (χ3n) is 6.63. The first-order valence-electron chi connectivity index (χ1n) is 11.3. The van der Waals surface area contributed by atoms with E-state index < -0.39 is 0 Å². The maximum absolute atomic E-state index is 13.3. The molecule has 2 aliphatic heterocycles. The number of carbonyl (C=O) groups is 3. The first-order chi connectivity index (χ1) is 15.5. The summed E-state index contributed by atoms with van der Waals surface area (Å²) in [6.07, 6.45) is 1.30. The molecule has 0 radical (unpaired) electrons. The molecule has 2 aromatic carbocycles. The van der Waals surface area contributed by atoms with Gasteiger partial charge in [-0.1, -0.05) is 30.3 Å². The molecule has 32 heavy (non-hydrogen) atoms. The summed E-state index contributed by atoms with van der Waals surface area (Å²) in [5.41, 5.74) is 3.61. The Balaban J connectivity index is 1.46. The first-order valence-corrected chi connectivity index (χ1v) is 11.3. The van der Waals surface area contributed by atoms with Crippen molar-refractivity contribution in [2.45, 2.75) is 26.7 Å². The van der Waals surface area contributed by atoms with Crippen LogP contribution in [0.3, 0.4) is 0 Å². The average Bonchev–Trinajstić information content (AvgIpc) is 2.85. The molecule has 0 aromatic heterocycles. The number of hydrogen-bond donors (Lipinski definition) is 0. The summed E-state index contributed by atoms with van der Waals surface area (Å²) in [4.78, 5) is 42.9. The second-order valence-corrected chi connectivity index (χ2v) is 8.68. The van der Waals surface area contributed by atoms with Gasteiger partial charge in [0.1, 0.15) is 0 Å². The number of nitrogens with zero attached hydrogens (tertiary/aromatic N) is 2. The SMILES string of the molecule is Cc1ccc(C(=O)c2ccccc2C(=O)N2CCC(C(=O)N3CCOCC3)CC2)cc1C. The highest BCUT2D eigenvalue weighted by molar-refractivity contribution is 6.15. The lowest BCUT2D eigenvalue weighted by molar-refractivity contribution is -0.141. The Kier molecular flexibility index (Phi) is 6.70. The van der Waals surface area contributed by atoms with Crippen molar-refractivity contribution in [2.24, 2.45) is 5.92 Å². The van der Waals surface area contributed by atoms with Crippen LogP contribution in [0, 0.1) is 19.8 Å². The van der Waals surface area contributed by atoms with Crippen LogP contribution in [0.2, 0.25) is 0 Å². The Labute approximate surface area is 189 Å². The standard InChI is InChI=1S/C26H30N2O4/c1-18-7-8-21(17-19(18)2)24(29)22-5-3-4-6-23(22)26(31)27-11-9-20(10-12-27)25(30)28-13-15-32-16-14-28/h3-8,17,20H,9-16H2,1-2H3. The van der Waals surface area contributed by atoms with Crippen molar-refractivity contribution in [2.75, 3.05) is 39.4 Å². The van der Waals surface area contributed by atoms with Gasteiger partial charge in [0.25, 0.3) is 5.91 Å². The first kappa shape index (κ1) is 22.2. The molecule has 0 unspecified atom stereocenters. The fourth-order valence-corrected chi connectivity index (χ4v) is 4.45. The Hall–Kier alpha value is -2.99. The van der Waals surface area contributed by atoms with Gasteiger partial charge in [-0.15, -0.1) is 0 Å². The van der Waals surface area contributed by atoms with E-state index in [4.69, 9.17) is 4.74 Å². The van der Waals surface area contributed by atoms with Crippen molar-refractivity contribution in [1.29, 1.82) is 0 Å². The van der Waals surface area contributed by atoms with Crippen LogP contribution in [0.15, 0.2) is 42.5 Å². The second-order valence-electron chi connectivity index (χ2n) is 8.68. The van der Waals surface area contributed by atoms with Gasteiger partial charge in [-0.2, -0.15) is 0 Å². The number of aryl methyl sites for hydroxylation is 2. The van der Waals surface area contributed by atoms with Crippen molar-refractivity contribution < 1.29 is 19.1 Å². The van der Waals surface area contributed by atoms with Crippen LogP contribution in [-0.4, -0.2) is 66.8 Å². The van der Waals surface area contributed by atoms with Crippen molar-refractivity contribution in [3.05, 3.63) is 70.3 Å². The zero-order chi connectivity index (χ0) is 22.7. The van der Waals surface area contributed by atoms with Gasteiger partial charge in [-0.3, -0.25) is 14.4 Å². The lowest BCUT2D eigenvalue weighted by Gasteiger charge is -2.35. The number of carbonyl (C=O) groups excluding carboxylic acids is 3. The number of rotatable bonds is 4. The smallest absolute Gasteiger partial charge is 0.254 e. The molecular formula is C26H30N2O4. The van der Waals surface area contributed by atoms with Crippen molar-refractivity contribution in [3.8, 4) is 0 Å². The minimum absolute atomic E-state index is 0.0513. The van der Waals surface area contributed by atoms with Gasteiger partial charge in [0, 0.05) is 43.2 Å². The van der Waals surface area contributed by atoms with Crippen molar-refractivity contribution >= 4 is 17.6 Å². The average molecular weight is 435 g/mol. The van der Waals surface area contributed by atoms with Crippen LogP contribution in [0.4, 0.5) is 0 Å². The monoisotopic (exact) mass is 434 g/mol. The van der Waals surface area contributed by atoms with Crippen LogP contribution in [0.25, 0.3) is 0 Å². The molecule has 2 aliphatic rings. The molecule has 0 spiro atoms. The molecule has 0 saturated carbocycles. The lowest BCUT2D eigenvalue weighted by Crippen LogP contribution is -2.47. The second kappa shape index (κ2) is 9.65. The Bertz CT molecular complexity index is 1020. The predicted octanol–water partition coefficient (Wildman–Crippen LogP) is 3.25.